The third-order valence-electron chi connectivity index (χ3n) is 1.21. The summed E-state index contributed by atoms with van der Waals surface area (Å²) in [5.74, 6) is 0. The van der Waals surface area contributed by atoms with Gasteiger partial charge >= 0.3 is 0 Å². The molecule has 1 heterocycles. The van der Waals surface area contributed by atoms with Crippen LogP contribution in [-0.4, -0.2) is 5.16 Å². The molecule has 1 aromatic heterocycles. The van der Waals surface area contributed by atoms with Crippen molar-refractivity contribution in [2.75, 3.05) is 0 Å². The molecule has 0 fully saturated rings. The Morgan fingerprint density at radius 3 is 2.00 bits per heavy atom. The van der Waals surface area contributed by atoms with Crippen molar-refractivity contribution in [3.8, 4) is 0 Å². The number of rotatable bonds is 0. The summed E-state index contributed by atoms with van der Waals surface area (Å²) in [4.78, 5) is 0. The minimum atomic E-state index is 0.118. The molecule has 11 heavy (non-hydrogen) atoms. The molecule has 0 aromatic carbocycles. The molecule has 1 rings (SSSR count). The van der Waals surface area contributed by atoms with Crippen LogP contribution >= 0.6 is 0 Å². The van der Waals surface area contributed by atoms with Crippen LogP contribution in [0.3, 0.4) is 0 Å². The molecule has 2 nitrogen and oxygen atoms in total. The lowest BCUT2D eigenvalue weighted by molar-refractivity contribution is 0.393. The molecule has 64 valence electrons. The van der Waals surface area contributed by atoms with Crippen LogP contribution in [0, 0.1) is 0 Å². The maximum absolute atomic E-state index is 4.69. The van der Waals surface area contributed by atoms with E-state index in [1.54, 1.807) is 6.26 Å². The highest BCUT2D eigenvalue weighted by atomic mass is 16.5. The van der Waals surface area contributed by atoms with Crippen molar-refractivity contribution in [1.82, 2.24) is 5.16 Å². The third-order valence-corrected chi connectivity index (χ3v) is 1.21. The Kier molecular flexibility index (Phi) is 3.86. The average Bonchev–Trinajstić information content (AvgIpc) is 2.40. The predicted octanol–water partition coefficient (Wildman–Crippen LogP) is 3.00. The Bertz CT molecular complexity index is 172. The molecule has 0 saturated carbocycles. The van der Waals surface area contributed by atoms with Crippen molar-refractivity contribution in [3.05, 3.63) is 18.0 Å². The molecule has 0 radical (unpaired) electrons. The first kappa shape index (κ1) is 10.2. The van der Waals surface area contributed by atoms with Gasteiger partial charge in [0.2, 0.25) is 0 Å². The van der Waals surface area contributed by atoms with Crippen LogP contribution in [0.25, 0.3) is 0 Å². The number of hydrogen-bond acceptors (Lipinski definition) is 2. The minimum Gasteiger partial charge on any atom is -0.364 e. The van der Waals surface area contributed by atoms with Crippen LogP contribution in [0.2, 0.25) is 0 Å². The molecule has 0 saturated heterocycles. The zero-order chi connectivity index (χ0) is 8.91. The smallest absolute Gasteiger partial charge is 0.124 e. The number of hydrogen-bond donors (Lipinski definition) is 0. The lowest BCUT2D eigenvalue weighted by Gasteiger charge is -2.12. The summed E-state index contributed by atoms with van der Waals surface area (Å²) in [7, 11) is 0. The highest BCUT2D eigenvalue weighted by Gasteiger charge is 2.15. The van der Waals surface area contributed by atoms with Crippen LogP contribution < -0.4 is 0 Å². The lowest BCUT2D eigenvalue weighted by atomic mass is 9.93. The van der Waals surface area contributed by atoms with Crippen molar-refractivity contribution in [2.45, 2.75) is 40.0 Å². The summed E-state index contributed by atoms with van der Waals surface area (Å²) in [5.41, 5.74) is 1.12. The maximum atomic E-state index is 4.69. The average molecular weight is 155 g/mol. The molecule has 0 spiro atoms. The quantitative estimate of drug-likeness (QED) is 0.575. The Labute approximate surface area is 68.6 Å². The van der Waals surface area contributed by atoms with Crippen molar-refractivity contribution in [2.24, 2.45) is 0 Å². The summed E-state index contributed by atoms with van der Waals surface area (Å²) in [6.07, 6.45) is 1.60. The van der Waals surface area contributed by atoms with Crippen molar-refractivity contribution >= 4 is 0 Å². The molecule has 2 heteroatoms. The van der Waals surface area contributed by atoms with Gasteiger partial charge in [-0.3, -0.25) is 0 Å². The molecular weight excluding hydrogens is 138 g/mol. The first-order chi connectivity index (χ1) is 5.11. The maximum Gasteiger partial charge on any atom is 0.124 e. The summed E-state index contributed by atoms with van der Waals surface area (Å²) in [6.45, 7) is 10.3. The van der Waals surface area contributed by atoms with Gasteiger partial charge in [-0.2, -0.15) is 0 Å². The van der Waals surface area contributed by atoms with E-state index in [0.717, 1.165) is 5.69 Å². The van der Waals surface area contributed by atoms with Gasteiger partial charge in [-0.1, -0.05) is 39.8 Å². The van der Waals surface area contributed by atoms with Crippen molar-refractivity contribution in [1.29, 1.82) is 0 Å². The van der Waals surface area contributed by atoms with Gasteiger partial charge in [-0.25, -0.2) is 0 Å². The van der Waals surface area contributed by atoms with Crippen LogP contribution in [0.15, 0.2) is 16.9 Å². The van der Waals surface area contributed by atoms with Crippen LogP contribution in [0.5, 0.6) is 0 Å². The van der Waals surface area contributed by atoms with Gasteiger partial charge in [0.05, 0.1) is 5.69 Å². The molecule has 0 amide bonds. The Morgan fingerprint density at radius 2 is 1.82 bits per heavy atom. The molecule has 0 atom stereocenters. The van der Waals surface area contributed by atoms with Gasteiger partial charge in [0.1, 0.15) is 6.26 Å². The molecule has 0 unspecified atom stereocenters. The van der Waals surface area contributed by atoms with Crippen LogP contribution in [0.1, 0.15) is 40.3 Å². The fourth-order valence-corrected chi connectivity index (χ4v) is 0.599. The van der Waals surface area contributed by atoms with E-state index in [1.165, 1.54) is 0 Å². The van der Waals surface area contributed by atoms with E-state index < -0.39 is 0 Å². The fraction of sp³-hybridized carbons (Fsp3) is 0.667. The molecule has 0 aliphatic carbocycles. The highest BCUT2D eigenvalue weighted by molar-refractivity contribution is 5.07. The van der Waals surface area contributed by atoms with Gasteiger partial charge in [-0.05, 0) is 0 Å². The standard InChI is InChI=1S/C7H11NO.C2H6/c1-7(2,3)6-4-5-9-8-6;1-2/h4-5H,1-3H3;1-2H3. The van der Waals surface area contributed by atoms with Gasteiger partial charge in [0.15, 0.2) is 0 Å². The summed E-state index contributed by atoms with van der Waals surface area (Å²) in [5, 5.41) is 3.81. The van der Waals surface area contributed by atoms with E-state index in [0.29, 0.717) is 0 Å². The second-order valence-corrected chi connectivity index (χ2v) is 3.13. The van der Waals surface area contributed by atoms with Gasteiger partial charge < -0.3 is 4.52 Å². The Hall–Kier alpha value is -0.790. The zero-order valence-corrected chi connectivity index (χ0v) is 8.01. The Morgan fingerprint density at radius 1 is 1.27 bits per heavy atom. The summed E-state index contributed by atoms with van der Waals surface area (Å²) >= 11 is 0. The summed E-state index contributed by atoms with van der Waals surface area (Å²) < 4.78 is 4.69. The largest absolute Gasteiger partial charge is 0.364 e. The SMILES string of the molecule is CC.CC(C)(C)c1ccon1. The molecular formula is C9H17NO. The minimum absolute atomic E-state index is 0.118. The molecule has 0 bridgehead atoms. The van der Waals surface area contributed by atoms with Gasteiger partial charge in [0.25, 0.3) is 0 Å². The fourth-order valence-electron chi connectivity index (χ4n) is 0.599. The van der Waals surface area contributed by atoms with Crippen molar-refractivity contribution < 1.29 is 4.52 Å². The second-order valence-electron chi connectivity index (χ2n) is 3.13. The Balaban J connectivity index is 0.000000461. The first-order valence-corrected chi connectivity index (χ1v) is 4.01. The topological polar surface area (TPSA) is 26.0 Å². The molecule has 1 aromatic rings. The van der Waals surface area contributed by atoms with E-state index in [1.807, 2.05) is 19.9 Å². The lowest BCUT2D eigenvalue weighted by Crippen LogP contribution is -2.10. The number of aromatic nitrogens is 1. The van der Waals surface area contributed by atoms with E-state index in [2.05, 4.69) is 25.9 Å². The van der Waals surface area contributed by atoms with Crippen LogP contribution in [0.4, 0.5) is 0 Å². The van der Waals surface area contributed by atoms with Gasteiger partial charge in [0, 0.05) is 11.5 Å². The van der Waals surface area contributed by atoms with Crippen molar-refractivity contribution in [3.63, 3.8) is 0 Å². The third kappa shape index (κ3) is 3.21. The zero-order valence-electron chi connectivity index (χ0n) is 8.01. The molecule has 0 N–H and O–H groups in total. The predicted molar refractivity (Wildman–Crippen MR) is 46.6 cm³/mol. The van der Waals surface area contributed by atoms with E-state index in [-0.39, 0.29) is 5.41 Å². The van der Waals surface area contributed by atoms with E-state index in [9.17, 15) is 0 Å². The second kappa shape index (κ2) is 4.16. The first-order valence-electron chi connectivity index (χ1n) is 4.01. The summed E-state index contributed by atoms with van der Waals surface area (Å²) in [6, 6.07) is 1.89. The number of nitrogens with zero attached hydrogens (tertiary/aromatic N) is 1. The normalized spacial score (nSPS) is 10.3. The molecule has 0 aliphatic rings. The van der Waals surface area contributed by atoms with Gasteiger partial charge in [-0.15, -0.1) is 0 Å². The van der Waals surface area contributed by atoms with Crippen LogP contribution in [-0.2, 0) is 5.41 Å². The van der Waals surface area contributed by atoms with E-state index >= 15 is 0 Å². The monoisotopic (exact) mass is 155 g/mol. The highest BCUT2D eigenvalue weighted by Crippen LogP contribution is 2.18. The molecule has 0 aliphatic heterocycles. The van der Waals surface area contributed by atoms with E-state index in [4.69, 9.17) is 4.52 Å².